The fourth-order valence-electron chi connectivity index (χ4n) is 2.25. The van der Waals surface area contributed by atoms with Crippen molar-refractivity contribution in [2.75, 3.05) is 0 Å². The predicted molar refractivity (Wildman–Crippen MR) is 84.1 cm³/mol. The minimum absolute atomic E-state index is 0.261. The number of aromatic nitrogens is 3. The molecule has 0 bridgehead atoms. The zero-order chi connectivity index (χ0) is 14.8. The van der Waals surface area contributed by atoms with Gasteiger partial charge in [0.15, 0.2) is 5.82 Å². The SMILES string of the molecule is Cc1cccc(-c2nnc(CBr)n2-c2ccccc2)c1F. The molecule has 1 aromatic heterocycles. The highest BCUT2D eigenvalue weighted by molar-refractivity contribution is 9.08. The smallest absolute Gasteiger partial charge is 0.171 e. The molecule has 0 unspecified atom stereocenters. The molecule has 1 heterocycles. The Labute approximate surface area is 130 Å². The molecule has 0 saturated carbocycles. The standard InChI is InChI=1S/C16H13BrFN3/c1-11-6-5-9-13(15(11)18)16-20-19-14(10-17)21(16)12-7-3-2-4-8-12/h2-9H,10H2,1H3. The van der Waals surface area contributed by atoms with Gasteiger partial charge in [-0.2, -0.15) is 0 Å². The summed E-state index contributed by atoms with van der Waals surface area (Å²) in [5, 5.41) is 8.88. The lowest BCUT2D eigenvalue weighted by Crippen LogP contribution is -2.02. The van der Waals surface area contributed by atoms with Crippen LogP contribution in [0.3, 0.4) is 0 Å². The maximum atomic E-state index is 14.4. The normalized spacial score (nSPS) is 10.8. The van der Waals surface area contributed by atoms with Crippen molar-refractivity contribution >= 4 is 15.9 Å². The van der Waals surface area contributed by atoms with Gasteiger partial charge >= 0.3 is 0 Å². The number of benzene rings is 2. The topological polar surface area (TPSA) is 30.7 Å². The monoisotopic (exact) mass is 345 g/mol. The van der Waals surface area contributed by atoms with Gasteiger partial charge in [-0.3, -0.25) is 4.57 Å². The minimum Gasteiger partial charge on any atom is -0.278 e. The van der Waals surface area contributed by atoms with E-state index in [4.69, 9.17) is 0 Å². The number of hydrogen-bond donors (Lipinski definition) is 0. The van der Waals surface area contributed by atoms with Gasteiger partial charge in [0, 0.05) is 5.69 Å². The number of rotatable bonds is 3. The largest absolute Gasteiger partial charge is 0.278 e. The third-order valence-corrected chi connectivity index (χ3v) is 3.80. The molecule has 0 amide bonds. The number of nitrogens with zero attached hydrogens (tertiary/aromatic N) is 3. The zero-order valence-electron chi connectivity index (χ0n) is 11.4. The fourth-order valence-corrected chi connectivity index (χ4v) is 2.61. The molecule has 0 aliphatic heterocycles. The number of aryl methyl sites for hydroxylation is 1. The molecule has 0 spiro atoms. The van der Waals surface area contributed by atoms with Crippen LogP contribution < -0.4 is 0 Å². The highest BCUT2D eigenvalue weighted by Crippen LogP contribution is 2.27. The van der Waals surface area contributed by atoms with Crippen molar-refractivity contribution in [1.82, 2.24) is 14.8 Å². The summed E-state index contributed by atoms with van der Waals surface area (Å²) in [5.41, 5.74) is 1.96. The Balaban J connectivity index is 2.25. The highest BCUT2D eigenvalue weighted by atomic mass is 79.9. The molecule has 106 valence electrons. The molecule has 3 aromatic rings. The number of hydrogen-bond acceptors (Lipinski definition) is 2. The van der Waals surface area contributed by atoms with Crippen molar-refractivity contribution in [2.24, 2.45) is 0 Å². The third-order valence-electron chi connectivity index (χ3n) is 3.30. The van der Waals surface area contributed by atoms with Crippen molar-refractivity contribution in [3.05, 3.63) is 65.7 Å². The lowest BCUT2D eigenvalue weighted by Gasteiger charge is -2.10. The third kappa shape index (κ3) is 2.49. The first-order valence-electron chi connectivity index (χ1n) is 6.53. The molecule has 0 radical (unpaired) electrons. The first-order chi connectivity index (χ1) is 10.2. The minimum atomic E-state index is -0.261. The van der Waals surface area contributed by atoms with Crippen molar-refractivity contribution < 1.29 is 4.39 Å². The van der Waals surface area contributed by atoms with Crippen molar-refractivity contribution in [1.29, 1.82) is 0 Å². The summed E-state index contributed by atoms with van der Waals surface area (Å²) in [6.45, 7) is 1.74. The van der Waals surface area contributed by atoms with Crippen LogP contribution in [-0.4, -0.2) is 14.8 Å². The van der Waals surface area contributed by atoms with Crippen LogP contribution >= 0.6 is 15.9 Å². The Kier molecular flexibility index (Phi) is 3.84. The summed E-state index contributed by atoms with van der Waals surface area (Å²) < 4.78 is 16.3. The molecule has 0 aliphatic carbocycles. The van der Waals surface area contributed by atoms with Gasteiger partial charge in [0.2, 0.25) is 0 Å². The van der Waals surface area contributed by atoms with Gasteiger partial charge in [-0.05, 0) is 30.7 Å². The average molecular weight is 346 g/mol. The lowest BCUT2D eigenvalue weighted by molar-refractivity contribution is 0.620. The van der Waals surface area contributed by atoms with Gasteiger partial charge in [-0.1, -0.05) is 46.3 Å². The van der Waals surface area contributed by atoms with Crippen LogP contribution in [0.1, 0.15) is 11.4 Å². The second kappa shape index (κ2) is 5.77. The quantitative estimate of drug-likeness (QED) is 0.663. The summed E-state index contributed by atoms with van der Waals surface area (Å²) in [7, 11) is 0. The molecule has 0 saturated heterocycles. The van der Waals surface area contributed by atoms with Crippen LogP contribution in [0.15, 0.2) is 48.5 Å². The number of halogens is 2. The second-order valence-electron chi connectivity index (χ2n) is 4.68. The van der Waals surface area contributed by atoms with Crippen LogP contribution in [0, 0.1) is 12.7 Å². The van der Waals surface area contributed by atoms with Crippen LogP contribution in [0.2, 0.25) is 0 Å². The van der Waals surface area contributed by atoms with E-state index in [0.29, 0.717) is 22.3 Å². The van der Waals surface area contributed by atoms with Gasteiger partial charge in [-0.25, -0.2) is 4.39 Å². The van der Waals surface area contributed by atoms with Crippen molar-refractivity contribution in [2.45, 2.75) is 12.3 Å². The summed E-state index contributed by atoms with van der Waals surface area (Å²) >= 11 is 3.41. The van der Waals surface area contributed by atoms with Gasteiger partial charge < -0.3 is 0 Å². The summed E-state index contributed by atoms with van der Waals surface area (Å²) in [4.78, 5) is 0. The highest BCUT2D eigenvalue weighted by Gasteiger charge is 2.18. The summed E-state index contributed by atoms with van der Waals surface area (Å²) in [6, 6.07) is 15.0. The van der Waals surface area contributed by atoms with Gasteiger partial charge in [0.1, 0.15) is 11.6 Å². The summed E-state index contributed by atoms with van der Waals surface area (Å²) in [6.07, 6.45) is 0. The molecular weight excluding hydrogens is 333 g/mol. The Morgan fingerprint density at radius 1 is 1.05 bits per heavy atom. The van der Waals surface area contributed by atoms with E-state index in [9.17, 15) is 4.39 Å². The average Bonchev–Trinajstić information content (AvgIpc) is 2.94. The molecule has 5 heteroatoms. The fraction of sp³-hybridized carbons (Fsp3) is 0.125. The van der Waals surface area contributed by atoms with Crippen molar-refractivity contribution in [3.8, 4) is 17.1 Å². The van der Waals surface area contributed by atoms with E-state index in [1.165, 1.54) is 0 Å². The van der Waals surface area contributed by atoms with E-state index in [1.807, 2.05) is 41.0 Å². The number of para-hydroxylation sites is 1. The number of alkyl halides is 1. The first-order valence-corrected chi connectivity index (χ1v) is 7.65. The molecule has 2 aromatic carbocycles. The predicted octanol–water partition coefficient (Wildman–Crippen LogP) is 4.28. The van der Waals surface area contributed by atoms with Gasteiger partial charge in [0.25, 0.3) is 0 Å². The van der Waals surface area contributed by atoms with Gasteiger partial charge in [-0.15, -0.1) is 10.2 Å². The van der Waals surface area contributed by atoms with Gasteiger partial charge in [0.05, 0.1) is 10.9 Å². The van der Waals surface area contributed by atoms with Crippen LogP contribution in [0.25, 0.3) is 17.1 Å². The Bertz CT molecular complexity index is 768. The van der Waals surface area contributed by atoms with E-state index in [-0.39, 0.29) is 5.82 Å². The van der Waals surface area contributed by atoms with Crippen molar-refractivity contribution in [3.63, 3.8) is 0 Å². The maximum absolute atomic E-state index is 14.4. The van der Waals surface area contributed by atoms with E-state index in [1.54, 1.807) is 19.1 Å². The first kappa shape index (κ1) is 13.9. The molecule has 0 N–H and O–H groups in total. The molecule has 3 nitrogen and oxygen atoms in total. The van der Waals surface area contributed by atoms with E-state index >= 15 is 0 Å². The zero-order valence-corrected chi connectivity index (χ0v) is 13.0. The van der Waals surface area contributed by atoms with Crippen LogP contribution in [-0.2, 0) is 5.33 Å². The molecular formula is C16H13BrFN3. The Morgan fingerprint density at radius 3 is 2.52 bits per heavy atom. The van der Waals surface area contributed by atoms with E-state index < -0.39 is 0 Å². The van der Waals surface area contributed by atoms with E-state index in [0.717, 1.165) is 11.5 Å². The second-order valence-corrected chi connectivity index (χ2v) is 5.24. The molecule has 3 rings (SSSR count). The molecule has 0 aliphatic rings. The summed E-state index contributed by atoms with van der Waals surface area (Å²) in [5.74, 6) is 0.983. The Hall–Kier alpha value is -2.01. The maximum Gasteiger partial charge on any atom is 0.171 e. The van der Waals surface area contributed by atoms with E-state index in [2.05, 4.69) is 26.1 Å². The lowest BCUT2D eigenvalue weighted by atomic mass is 10.1. The Morgan fingerprint density at radius 2 is 1.81 bits per heavy atom. The molecule has 0 atom stereocenters. The molecule has 21 heavy (non-hydrogen) atoms. The van der Waals surface area contributed by atoms with Crippen LogP contribution in [0.5, 0.6) is 0 Å². The van der Waals surface area contributed by atoms with Crippen LogP contribution in [0.4, 0.5) is 4.39 Å². The molecule has 0 fully saturated rings.